The fourth-order valence-electron chi connectivity index (χ4n) is 3.05. The van der Waals surface area contributed by atoms with E-state index >= 15 is 0 Å². The van der Waals surface area contributed by atoms with Gasteiger partial charge in [0.1, 0.15) is 19.0 Å². The first-order valence-electron chi connectivity index (χ1n) is 5.98. The van der Waals surface area contributed by atoms with E-state index in [1.165, 1.54) is 3.70 Å². The predicted molar refractivity (Wildman–Crippen MR) is 91.8 cm³/mol. The molecule has 0 saturated heterocycles. The molecule has 2 aromatic rings. The Kier molecular flexibility index (Phi) is 3.01. The molecule has 0 atom stereocenters. The number of aromatic nitrogens is 2. The van der Waals surface area contributed by atoms with Crippen LogP contribution in [0.1, 0.15) is 30.4 Å². The first kappa shape index (κ1) is 13.0. The van der Waals surface area contributed by atoms with Gasteiger partial charge >= 0.3 is 0 Å². The van der Waals surface area contributed by atoms with Gasteiger partial charge in [-0.15, -0.1) is 0 Å². The Hall–Kier alpha value is 0.300. The fraction of sp³-hybridized carbons (Fsp3) is 0.308. The van der Waals surface area contributed by atoms with Gasteiger partial charge in [-0.3, -0.25) is 0 Å². The van der Waals surface area contributed by atoms with E-state index in [2.05, 4.69) is 65.7 Å². The average Bonchev–Trinajstić information content (AvgIpc) is 2.48. The molecule has 1 aromatic heterocycles. The Labute approximate surface area is 145 Å². The van der Waals surface area contributed by atoms with Gasteiger partial charge in [0.05, 0.1) is 4.47 Å². The highest BCUT2D eigenvalue weighted by atomic mass is 127. The molecule has 0 unspecified atom stereocenters. The van der Waals surface area contributed by atoms with Crippen LogP contribution in [0.3, 0.4) is 0 Å². The van der Waals surface area contributed by atoms with Gasteiger partial charge in [0.15, 0.2) is 0 Å². The van der Waals surface area contributed by atoms with Crippen molar-refractivity contribution in [2.75, 3.05) is 0 Å². The Morgan fingerprint density at radius 1 is 1.32 bits per heavy atom. The number of benzene rings is 1. The van der Waals surface area contributed by atoms with E-state index in [1.807, 2.05) is 6.07 Å². The van der Waals surface area contributed by atoms with Crippen LogP contribution in [-0.2, 0) is 0 Å². The lowest BCUT2D eigenvalue weighted by Crippen LogP contribution is -2.23. The smallest absolute Gasteiger partial charge is 0.142 e. The molecule has 1 aromatic carbocycles. The van der Waals surface area contributed by atoms with Crippen molar-refractivity contribution in [3.05, 3.63) is 35.4 Å². The molecule has 2 aliphatic heterocycles. The van der Waals surface area contributed by atoms with Crippen LogP contribution in [0.25, 0.3) is 11.4 Å². The summed E-state index contributed by atoms with van der Waals surface area (Å²) in [7, 11) is 0. The van der Waals surface area contributed by atoms with Crippen molar-refractivity contribution in [1.82, 2.24) is 9.55 Å². The van der Waals surface area contributed by atoms with Crippen molar-refractivity contribution in [1.29, 1.82) is 0 Å². The minimum Gasteiger partial charge on any atom is -0.315 e. The van der Waals surface area contributed by atoms with E-state index in [1.54, 1.807) is 6.07 Å². The van der Waals surface area contributed by atoms with Gasteiger partial charge in [-0.05, 0) is 97.6 Å². The molecule has 0 amide bonds. The van der Waals surface area contributed by atoms with Gasteiger partial charge in [0, 0.05) is 11.6 Å². The van der Waals surface area contributed by atoms with Crippen molar-refractivity contribution in [2.24, 2.45) is 0 Å². The molecule has 1 saturated carbocycles. The molecule has 2 bridgehead atoms. The fourth-order valence-corrected chi connectivity index (χ4v) is 4.63. The lowest BCUT2D eigenvalue weighted by Gasteiger charge is -2.34. The highest BCUT2D eigenvalue weighted by Crippen LogP contribution is 2.53. The van der Waals surface area contributed by atoms with E-state index in [-0.39, 0.29) is 5.82 Å². The highest BCUT2D eigenvalue weighted by molar-refractivity contribution is 14.1. The van der Waals surface area contributed by atoms with E-state index in [9.17, 15) is 4.39 Å². The summed E-state index contributed by atoms with van der Waals surface area (Å²) in [6, 6.07) is 4.10. The molecular formula is C13H8BrFI2N2. The molecule has 3 heterocycles. The van der Waals surface area contributed by atoms with Crippen molar-refractivity contribution in [3.8, 4) is 11.4 Å². The molecule has 2 nitrogen and oxygen atoms in total. The van der Waals surface area contributed by atoms with Gasteiger partial charge in [0.2, 0.25) is 0 Å². The minimum atomic E-state index is -0.174. The van der Waals surface area contributed by atoms with E-state index in [0.717, 1.165) is 33.5 Å². The third kappa shape index (κ3) is 1.78. The molecule has 19 heavy (non-hydrogen) atoms. The SMILES string of the molecule is Fc1cc2c(cc1Br)-c1nc(I)c(I)n1C1CC2C1. The number of nitrogens with zero attached hydrogens (tertiary/aromatic N) is 2. The topological polar surface area (TPSA) is 17.8 Å². The maximum atomic E-state index is 13.8. The second-order valence-corrected chi connectivity index (χ2v) is 7.96. The normalized spacial score (nSPS) is 23.4. The summed E-state index contributed by atoms with van der Waals surface area (Å²) < 4.78 is 18.9. The standard InChI is InChI=1S/C13H8BrFI2N2/c14-9-3-8-7(4-10(9)15)5-1-6(2-5)19-12(17)11(16)18-13(8)19/h3-6H,1-2H2. The summed E-state index contributed by atoms with van der Waals surface area (Å²) in [5.41, 5.74) is 2.20. The number of rotatable bonds is 0. The minimum absolute atomic E-state index is 0.174. The molecule has 0 spiro atoms. The Morgan fingerprint density at radius 2 is 2.05 bits per heavy atom. The van der Waals surface area contributed by atoms with Crippen molar-refractivity contribution < 1.29 is 4.39 Å². The van der Waals surface area contributed by atoms with E-state index in [0.29, 0.717) is 16.4 Å². The number of halogens is 4. The summed E-state index contributed by atoms with van der Waals surface area (Å²) in [6.07, 6.45) is 2.20. The quantitative estimate of drug-likeness (QED) is 0.422. The zero-order valence-electron chi connectivity index (χ0n) is 9.63. The number of hydrogen-bond donors (Lipinski definition) is 0. The first-order valence-corrected chi connectivity index (χ1v) is 8.94. The summed E-state index contributed by atoms with van der Waals surface area (Å²) in [6.45, 7) is 0. The summed E-state index contributed by atoms with van der Waals surface area (Å²) in [4.78, 5) is 4.70. The lowest BCUT2D eigenvalue weighted by molar-refractivity contribution is 0.270. The first-order chi connectivity index (χ1) is 9.06. The van der Waals surface area contributed by atoms with Gasteiger partial charge in [-0.1, -0.05) is 0 Å². The maximum Gasteiger partial charge on any atom is 0.142 e. The van der Waals surface area contributed by atoms with Crippen LogP contribution in [0.2, 0.25) is 0 Å². The summed E-state index contributed by atoms with van der Waals surface area (Å²) in [5, 5.41) is 0. The van der Waals surface area contributed by atoms with Crippen LogP contribution < -0.4 is 0 Å². The zero-order chi connectivity index (χ0) is 13.3. The van der Waals surface area contributed by atoms with Crippen molar-refractivity contribution >= 4 is 61.1 Å². The third-order valence-electron chi connectivity index (χ3n) is 4.07. The van der Waals surface area contributed by atoms with Crippen LogP contribution >= 0.6 is 61.1 Å². The molecular weight excluding hydrogens is 537 g/mol. The molecule has 1 aliphatic carbocycles. The average molecular weight is 545 g/mol. The van der Waals surface area contributed by atoms with Crippen molar-refractivity contribution in [3.63, 3.8) is 0 Å². The molecule has 0 N–H and O–H groups in total. The molecule has 6 heteroatoms. The Bertz CT molecular complexity index is 707. The molecule has 5 rings (SSSR count). The monoisotopic (exact) mass is 544 g/mol. The second kappa shape index (κ2) is 4.40. The zero-order valence-corrected chi connectivity index (χ0v) is 15.5. The Balaban J connectivity index is 2.07. The number of imidazole rings is 1. The Morgan fingerprint density at radius 3 is 2.79 bits per heavy atom. The highest BCUT2D eigenvalue weighted by Gasteiger charge is 2.40. The summed E-state index contributed by atoms with van der Waals surface area (Å²) >= 11 is 7.93. The molecule has 98 valence electrons. The van der Waals surface area contributed by atoms with Gasteiger partial charge < -0.3 is 4.57 Å². The predicted octanol–water partition coefficient (Wildman–Crippen LogP) is 5.09. The van der Waals surface area contributed by atoms with E-state index < -0.39 is 0 Å². The lowest BCUT2D eigenvalue weighted by atomic mass is 9.76. The van der Waals surface area contributed by atoms with Crippen LogP contribution in [0.5, 0.6) is 0 Å². The van der Waals surface area contributed by atoms with Crippen molar-refractivity contribution in [2.45, 2.75) is 24.8 Å². The maximum absolute atomic E-state index is 13.8. The van der Waals surface area contributed by atoms with Gasteiger partial charge in [-0.2, -0.15) is 0 Å². The molecule has 3 aliphatic rings. The van der Waals surface area contributed by atoms with Crippen LogP contribution in [0, 0.1) is 13.2 Å². The molecule has 0 radical (unpaired) electrons. The third-order valence-corrected chi connectivity index (χ3v) is 7.49. The van der Waals surface area contributed by atoms with Crippen LogP contribution in [0.15, 0.2) is 16.6 Å². The van der Waals surface area contributed by atoms with Gasteiger partial charge in [-0.25, -0.2) is 9.37 Å². The largest absolute Gasteiger partial charge is 0.315 e. The van der Waals surface area contributed by atoms with Gasteiger partial charge in [0.25, 0.3) is 0 Å². The number of hydrogen-bond acceptors (Lipinski definition) is 1. The summed E-state index contributed by atoms with van der Waals surface area (Å²) in [5.74, 6) is 1.30. The van der Waals surface area contributed by atoms with Crippen LogP contribution in [0.4, 0.5) is 4.39 Å². The van der Waals surface area contributed by atoms with E-state index in [4.69, 9.17) is 4.98 Å². The second-order valence-electron chi connectivity index (χ2n) is 5.06. The molecule has 1 fully saturated rings. The van der Waals surface area contributed by atoms with Crippen LogP contribution in [-0.4, -0.2) is 9.55 Å².